The van der Waals surface area contributed by atoms with Gasteiger partial charge in [0.15, 0.2) is 5.82 Å². The highest BCUT2D eigenvalue weighted by Crippen LogP contribution is 2.23. The number of hydrogen-bond donors (Lipinski definition) is 1. The SMILES string of the molecule is CC(C)Oc1ncc(-c2ccnc(NC3CCN(S(C)(=O)=O)CC3)n2)cc1F. The minimum atomic E-state index is -3.16. The van der Waals surface area contributed by atoms with Gasteiger partial charge >= 0.3 is 0 Å². The van der Waals surface area contributed by atoms with Gasteiger partial charge < -0.3 is 10.1 Å². The zero-order valence-corrected chi connectivity index (χ0v) is 16.9. The van der Waals surface area contributed by atoms with Crippen LogP contribution in [0.15, 0.2) is 24.5 Å². The molecule has 2 aromatic heterocycles. The molecular formula is C18H24FN5O3S. The Hall–Kier alpha value is -2.33. The number of nitrogens with zero attached hydrogens (tertiary/aromatic N) is 4. The van der Waals surface area contributed by atoms with Gasteiger partial charge in [-0.05, 0) is 38.8 Å². The Labute approximate surface area is 164 Å². The monoisotopic (exact) mass is 409 g/mol. The first-order chi connectivity index (χ1) is 13.2. The van der Waals surface area contributed by atoms with Gasteiger partial charge in [0, 0.05) is 37.1 Å². The van der Waals surface area contributed by atoms with Crippen molar-refractivity contribution < 1.29 is 17.5 Å². The van der Waals surface area contributed by atoms with Crippen LogP contribution in [-0.4, -0.2) is 59.2 Å². The van der Waals surface area contributed by atoms with Crippen molar-refractivity contribution in [2.24, 2.45) is 0 Å². The highest BCUT2D eigenvalue weighted by atomic mass is 32.2. The predicted octanol–water partition coefficient (Wildman–Crippen LogP) is 2.30. The van der Waals surface area contributed by atoms with E-state index in [0.29, 0.717) is 43.1 Å². The van der Waals surface area contributed by atoms with Crippen LogP contribution >= 0.6 is 0 Å². The van der Waals surface area contributed by atoms with Crippen LogP contribution in [0.4, 0.5) is 10.3 Å². The molecule has 1 fully saturated rings. The molecule has 0 aliphatic carbocycles. The molecule has 1 aliphatic heterocycles. The second-order valence-electron chi connectivity index (χ2n) is 7.02. The molecule has 3 rings (SSSR count). The van der Waals surface area contributed by atoms with E-state index < -0.39 is 15.8 Å². The highest BCUT2D eigenvalue weighted by Gasteiger charge is 2.25. The van der Waals surface area contributed by atoms with Gasteiger partial charge in [0.2, 0.25) is 16.0 Å². The van der Waals surface area contributed by atoms with Crippen LogP contribution in [0.1, 0.15) is 26.7 Å². The summed E-state index contributed by atoms with van der Waals surface area (Å²) >= 11 is 0. The summed E-state index contributed by atoms with van der Waals surface area (Å²) < 4.78 is 44.2. The molecule has 0 spiro atoms. The number of rotatable bonds is 6. The third kappa shape index (κ3) is 5.14. The predicted molar refractivity (Wildman–Crippen MR) is 104 cm³/mol. The molecule has 0 radical (unpaired) electrons. The van der Waals surface area contributed by atoms with E-state index in [1.165, 1.54) is 22.8 Å². The molecule has 1 saturated heterocycles. The number of nitrogens with one attached hydrogen (secondary N) is 1. The molecule has 0 saturated carbocycles. The molecule has 28 heavy (non-hydrogen) atoms. The minimum absolute atomic E-state index is 0.0382. The maximum atomic E-state index is 14.2. The third-order valence-corrected chi connectivity index (χ3v) is 5.67. The largest absolute Gasteiger partial charge is 0.473 e. The second kappa shape index (κ2) is 8.36. The van der Waals surface area contributed by atoms with Crippen molar-refractivity contribution in [3.8, 4) is 17.1 Å². The van der Waals surface area contributed by atoms with Crippen LogP contribution in [0.2, 0.25) is 0 Å². The van der Waals surface area contributed by atoms with Gasteiger partial charge in [-0.3, -0.25) is 0 Å². The van der Waals surface area contributed by atoms with E-state index in [2.05, 4.69) is 20.3 Å². The molecule has 1 aliphatic rings. The first-order valence-electron chi connectivity index (χ1n) is 9.09. The second-order valence-corrected chi connectivity index (χ2v) is 9.01. The van der Waals surface area contributed by atoms with E-state index in [0.717, 1.165) is 0 Å². The Kier molecular flexibility index (Phi) is 6.09. The summed E-state index contributed by atoms with van der Waals surface area (Å²) in [5, 5.41) is 3.23. The quantitative estimate of drug-likeness (QED) is 0.782. The van der Waals surface area contributed by atoms with E-state index in [-0.39, 0.29) is 18.0 Å². The zero-order valence-electron chi connectivity index (χ0n) is 16.1. The lowest BCUT2D eigenvalue weighted by Gasteiger charge is -2.30. The molecule has 0 amide bonds. The summed E-state index contributed by atoms with van der Waals surface area (Å²) in [5.74, 6) is -0.172. The zero-order chi connectivity index (χ0) is 20.3. The van der Waals surface area contributed by atoms with E-state index >= 15 is 0 Å². The topological polar surface area (TPSA) is 97.3 Å². The lowest BCUT2D eigenvalue weighted by atomic mass is 10.1. The Bertz CT molecular complexity index is 931. The maximum Gasteiger partial charge on any atom is 0.250 e. The molecule has 0 aromatic carbocycles. The van der Waals surface area contributed by atoms with Crippen LogP contribution in [0.25, 0.3) is 11.3 Å². The first-order valence-corrected chi connectivity index (χ1v) is 10.9. The van der Waals surface area contributed by atoms with E-state index in [1.54, 1.807) is 26.1 Å². The lowest BCUT2D eigenvalue weighted by molar-refractivity contribution is 0.221. The number of piperidine rings is 1. The van der Waals surface area contributed by atoms with Crippen molar-refractivity contribution in [1.82, 2.24) is 19.3 Å². The number of anilines is 1. The van der Waals surface area contributed by atoms with Crippen molar-refractivity contribution in [2.75, 3.05) is 24.7 Å². The van der Waals surface area contributed by atoms with E-state index in [9.17, 15) is 12.8 Å². The van der Waals surface area contributed by atoms with Gasteiger partial charge in [-0.1, -0.05) is 0 Å². The molecule has 0 atom stereocenters. The summed E-state index contributed by atoms with van der Waals surface area (Å²) in [6.45, 7) is 4.53. The van der Waals surface area contributed by atoms with Gasteiger partial charge in [0.05, 0.1) is 18.1 Å². The van der Waals surface area contributed by atoms with Crippen LogP contribution in [0.5, 0.6) is 5.88 Å². The van der Waals surface area contributed by atoms with Crippen LogP contribution < -0.4 is 10.1 Å². The molecule has 3 heterocycles. The molecule has 0 bridgehead atoms. The average Bonchev–Trinajstić information content (AvgIpc) is 2.63. The van der Waals surface area contributed by atoms with Crippen molar-refractivity contribution >= 4 is 16.0 Å². The van der Waals surface area contributed by atoms with Crippen LogP contribution in [0, 0.1) is 5.82 Å². The number of halogens is 1. The fourth-order valence-corrected chi connectivity index (χ4v) is 3.85. The van der Waals surface area contributed by atoms with Gasteiger partial charge in [0.25, 0.3) is 5.88 Å². The van der Waals surface area contributed by atoms with E-state index in [1.807, 2.05) is 0 Å². The molecule has 152 valence electrons. The van der Waals surface area contributed by atoms with Crippen LogP contribution in [0.3, 0.4) is 0 Å². The Morgan fingerprint density at radius 2 is 2.00 bits per heavy atom. The van der Waals surface area contributed by atoms with Gasteiger partial charge in [0.1, 0.15) is 0 Å². The van der Waals surface area contributed by atoms with E-state index in [4.69, 9.17) is 4.74 Å². The highest BCUT2D eigenvalue weighted by molar-refractivity contribution is 7.88. The summed E-state index contributed by atoms with van der Waals surface area (Å²) in [6.07, 6.45) is 5.48. The van der Waals surface area contributed by atoms with Crippen molar-refractivity contribution in [3.05, 3.63) is 30.3 Å². The summed E-state index contributed by atoms with van der Waals surface area (Å²) in [6, 6.07) is 3.09. The summed E-state index contributed by atoms with van der Waals surface area (Å²) in [5.41, 5.74) is 1.06. The fourth-order valence-electron chi connectivity index (χ4n) is 2.98. The number of aromatic nitrogens is 3. The molecular weight excluding hydrogens is 385 g/mol. The standard InChI is InChI=1S/C18H24FN5O3S/c1-12(2)27-17-15(19)10-13(11-21-17)16-4-7-20-18(23-16)22-14-5-8-24(9-6-14)28(3,25)26/h4,7,10-12,14H,5-6,8-9H2,1-3H3,(H,20,22,23). The normalized spacial score (nSPS) is 16.3. The third-order valence-electron chi connectivity index (χ3n) is 4.36. The van der Waals surface area contributed by atoms with Crippen molar-refractivity contribution in [3.63, 3.8) is 0 Å². The first kappa shape index (κ1) is 20.4. The van der Waals surface area contributed by atoms with Crippen molar-refractivity contribution in [1.29, 1.82) is 0 Å². The number of sulfonamides is 1. The summed E-state index contributed by atoms with van der Waals surface area (Å²) in [7, 11) is -3.16. The van der Waals surface area contributed by atoms with Gasteiger partial charge in [-0.15, -0.1) is 0 Å². The average molecular weight is 409 g/mol. The molecule has 2 aromatic rings. The van der Waals surface area contributed by atoms with Gasteiger partial charge in [-0.25, -0.2) is 32.1 Å². The number of hydrogen-bond acceptors (Lipinski definition) is 7. The smallest absolute Gasteiger partial charge is 0.250 e. The van der Waals surface area contributed by atoms with Crippen molar-refractivity contribution in [2.45, 2.75) is 38.8 Å². The minimum Gasteiger partial charge on any atom is -0.473 e. The lowest BCUT2D eigenvalue weighted by Crippen LogP contribution is -2.42. The number of ether oxygens (including phenoxy) is 1. The number of pyridine rings is 1. The van der Waals surface area contributed by atoms with Crippen LogP contribution in [-0.2, 0) is 10.0 Å². The molecule has 8 nitrogen and oxygen atoms in total. The molecule has 0 unspecified atom stereocenters. The Morgan fingerprint density at radius 1 is 1.29 bits per heavy atom. The molecule has 10 heteroatoms. The molecule has 1 N–H and O–H groups in total. The Balaban J connectivity index is 1.69. The van der Waals surface area contributed by atoms with Gasteiger partial charge in [-0.2, -0.15) is 0 Å². The fraction of sp³-hybridized carbons (Fsp3) is 0.500. The Morgan fingerprint density at radius 3 is 2.61 bits per heavy atom. The summed E-state index contributed by atoms with van der Waals surface area (Å²) in [4.78, 5) is 12.7. The maximum absolute atomic E-state index is 14.2.